The molecule has 0 aliphatic carbocycles. The second-order valence-corrected chi connectivity index (χ2v) is 6.76. The van der Waals surface area contributed by atoms with Crippen LogP contribution in [0.2, 0.25) is 0 Å². The van der Waals surface area contributed by atoms with Crippen molar-refractivity contribution in [3.05, 3.63) is 88.9 Å². The highest BCUT2D eigenvalue weighted by molar-refractivity contribution is 5.90. The lowest BCUT2D eigenvalue weighted by Gasteiger charge is -2.14. The van der Waals surface area contributed by atoms with Crippen LogP contribution in [0.5, 0.6) is 0 Å². The van der Waals surface area contributed by atoms with Crippen molar-refractivity contribution in [2.75, 3.05) is 5.32 Å². The van der Waals surface area contributed by atoms with Gasteiger partial charge in [-0.15, -0.1) is 0 Å². The largest absolute Gasteiger partial charge is 0.361 e. The smallest absolute Gasteiger partial charge is 0.103 e. The van der Waals surface area contributed by atoms with Gasteiger partial charge >= 0.3 is 0 Å². The molecule has 0 aliphatic heterocycles. The number of aromatic nitrogens is 2. The maximum Gasteiger partial charge on any atom is 0.103 e. The molecule has 2 aromatic heterocycles. The normalized spacial score (nSPS) is 11.0. The molecule has 4 rings (SSSR count). The van der Waals surface area contributed by atoms with Crippen LogP contribution in [-0.4, -0.2) is 9.97 Å². The Bertz CT molecular complexity index is 1230. The molecule has 0 unspecified atom stereocenters. The average molecular weight is 364 g/mol. The molecule has 2 aromatic carbocycles. The number of nitrogens with zero attached hydrogens (tertiary/aromatic N) is 2. The Hall–Kier alpha value is -3.84. The molecule has 0 atom stereocenters. The molecule has 0 amide bonds. The van der Waals surface area contributed by atoms with Gasteiger partial charge in [0, 0.05) is 40.7 Å². The summed E-state index contributed by atoms with van der Waals surface area (Å²) in [6.07, 6.45) is 9.37. The molecule has 0 fully saturated rings. The van der Waals surface area contributed by atoms with E-state index in [4.69, 9.17) is 0 Å². The number of H-pyrrole nitrogens is 1. The number of aryl methyl sites for hydroxylation is 2. The zero-order chi connectivity index (χ0) is 19.5. The number of aromatic amines is 1. The number of pyridine rings is 1. The fraction of sp³-hybridized carbons (Fsp3) is 0.0833. The minimum Gasteiger partial charge on any atom is -0.361 e. The first kappa shape index (κ1) is 17.6. The number of rotatable bonds is 4. The second kappa shape index (κ2) is 7.42. The van der Waals surface area contributed by atoms with Gasteiger partial charge in [0.1, 0.15) is 6.07 Å². The molecule has 2 heterocycles. The molecule has 0 saturated carbocycles. The third-order valence-corrected chi connectivity index (χ3v) is 4.99. The van der Waals surface area contributed by atoms with E-state index >= 15 is 0 Å². The molecule has 0 aliphatic rings. The van der Waals surface area contributed by atoms with E-state index in [2.05, 4.69) is 59.5 Å². The molecule has 4 heteroatoms. The van der Waals surface area contributed by atoms with Crippen LogP contribution in [0, 0.1) is 25.2 Å². The van der Waals surface area contributed by atoms with Gasteiger partial charge in [0.15, 0.2) is 0 Å². The highest BCUT2D eigenvalue weighted by Crippen LogP contribution is 2.31. The molecule has 2 N–H and O–H groups in total. The van der Waals surface area contributed by atoms with E-state index in [0.717, 1.165) is 39.0 Å². The van der Waals surface area contributed by atoms with Crippen LogP contribution in [0.15, 0.2) is 61.1 Å². The Balaban J connectivity index is 1.76. The number of nitriles is 1. The van der Waals surface area contributed by atoms with Gasteiger partial charge in [0.25, 0.3) is 0 Å². The summed E-state index contributed by atoms with van der Waals surface area (Å²) in [7, 11) is 0. The zero-order valence-electron chi connectivity index (χ0n) is 15.8. The van der Waals surface area contributed by atoms with Crippen LogP contribution in [0.3, 0.4) is 0 Å². The van der Waals surface area contributed by atoms with Crippen molar-refractivity contribution in [1.29, 1.82) is 5.26 Å². The number of benzene rings is 2. The van der Waals surface area contributed by atoms with Gasteiger partial charge in [-0.05, 0) is 48.7 Å². The maximum atomic E-state index is 9.60. The second-order valence-electron chi connectivity index (χ2n) is 6.76. The van der Waals surface area contributed by atoms with E-state index in [1.807, 2.05) is 36.5 Å². The monoisotopic (exact) mass is 364 g/mol. The molecule has 0 spiro atoms. The summed E-state index contributed by atoms with van der Waals surface area (Å²) in [4.78, 5) is 7.47. The first-order chi connectivity index (χ1) is 13.7. The van der Waals surface area contributed by atoms with E-state index in [9.17, 15) is 5.26 Å². The quantitative estimate of drug-likeness (QED) is 0.469. The van der Waals surface area contributed by atoms with Crippen LogP contribution in [0.1, 0.15) is 27.8 Å². The lowest BCUT2D eigenvalue weighted by atomic mass is 10.0. The first-order valence-corrected chi connectivity index (χ1v) is 9.13. The van der Waals surface area contributed by atoms with Gasteiger partial charge < -0.3 is 10.3 Å². The molecule has 28 heavy (non-hydrogen) atoms. The Morgan fingerprint density at radius 2 is 1.82 bits per heavy atom. The highest BCUT2D eigenvalue weighted by Gasteiger charge is 2.11. The minimum absolute atomic E-state index is 0.514. The van der Waals surface area contributed by atoms with Crippen molar-refractivity contribution >= 4 is 34.4 Å². The lowest BCUT2D eigenvalue weighted by molar-refractivity contribution is 1.28. The first-order valence-electron chi connectivity index (χ1n) is 9.13. The topological polar surface area (TPSA) is 64.5 Å². The SMILES string of the molecule is Cc1ccccc1C=Cc1cncc(C#N)c1Nc1ccc2[nH]ccc2c1C. The fourth-order valence-electron chi connectivity index (χ4n) is 3.33. The predicted molar refractivity (Wildman–Crippen MR) is 115 cm³/mol. The lowest BCUT2D eigenvalue weighted by Crippen LogP contribution is -1.99. The zero-order valence-corrected chi connectivity index (χ0v) is 15.8. The van der Waals surface area contributed by atoms with Crippen molar-refractivity contribution in [3.8, 4) is 6.07 Å². The summed E-state index contributed by atoms with van der Waals surface area (Å²) in [5.74, 6) is 0. The molecule has 136 valence electrons. The molecule has 0 saturated heterocycles. The predicted octanol–water partition coefficient (Wildman–Crippen LogP) is 5.97. The summed E-state index contributed by atoms with van der Waals surface area (Å²) >= 11 is 0. The number of fused-ring (bicyclic) bond motifs is 1. The number of hydrogen-bond acceptors (Lipinski definition) is 3. The molecular formula is C24H20N4. The molecule has 4 aromatic rings. The molecule has 0 radical (unpaired) electrons. The van der Waals surface area contributed by atoms with E-state index in [1.54, 1.807) is 12.4 Å². The molecular weight excluding hydrogens is 344 g/mol. The summed E-state index contributed by atoms with van der Waals surface area (Å²) in [5.41, 5.74) is 7.69. The number of hydrogen-bond donors (Lipinski definition) is 2. The standard InChI is InChI=1S/C24H20N4/c1-16-5-3-4-6-18(16)7-8-19-14-26-15-20(13-25)24(19)28-22-9-10-23-21(17(22)2)11-12-27-23/h3-12,14-15,27H,1-2H3,(H,26,28). The van der Waals surface area contributed by atoms with Crippen LogP contribution >= 0.6 is 0 Å². The average Bonchev–Trinajstić information content (AvgIpc) is 3.20. The van der Waals surface area contributed by atoms with Crippen molar-refractivity contribution in [1.82, 2.24) is 9.97 Å². The van der Waals surface area contributed by atoms with Crippen molar-refractivity contribution in [2.45, 2.75) is 13.8 Å². The van der Waals surface area contributed by atoms with Crippen LogP contribution in [-0.2, 0) is 0 Å². The van der Waals surface area contributed by atoms with E-state index in [-0.39, 0.29) is 0 Å². The maximum absolute atomic E-state index is 9.60. The van der Waals surface area contributed by atoms with Crippen LogP contribution < -0.4 is 5.32 Å². The van der Waals surface area contributed by atoms with E-state index in [0.29, 0.717) is 5.56 Å². The molecule has 0 bridgehead atoms. The number of nitrogens with one attached hydrogen (secondary N) is 2. The fourth-order valence-corrected chi connectivity index (χ4v) is 3.33. The van der Waals surface area contributed by atoms with Gasteiger partial charge in [-0.3, -0.25) is 4.98 Å². The Morgan fingerprint density at radius 1 is 1.00 bits per heavy atom. The summed E-state index contributed by atoms with van der Waals surface area (Å²) < 4.78 is 0. The highest BCUT2D eigenvalue weighted by atomic mass is 14.9. The van der Waals surface area contributed by atoms with Crippen molar-refractivity contribution in [2.24, 2.45) is 0 Å². The van der Waals surface area contributed by atoms with Crippen LogP contribution in [0.4, 0.5) is 11.4 Å². The third kappa shape index (κ3) is 3.26. The van der Waals surface area contributed by atoms with Gasteiger partial charge in [0.2, 0.25) is 0 Å². The van der Waals surface area contributed by atoms with Gasteiger partial charge in [-0.1, -0.05) is 36.4 Å². The molecule has 4 nitrogen and oxygen atoms in total. The van der Waals surface area contributed by atoms with Gasteiger partial charge in [-0.2, -0.15) is 5.26 Å². The summed E-state index contributed by atoms with van der Waals surface area (Å²) in [6, 6.07) is 16.6. The van der Waals surface area contributed by atoms with E-state index < -0.39 is 0 Å². The summed E-state index contributed by atoms with van der Waals surface area (Å²) in [6.45, 7) is 4.16. The number of anilines is 2. The van der Waals surface area contributed by atoms with Crippen molar-refractivity contribution in [3.63, 3.8) is 0 Å². The summed E-state index contributed by atoms with van der Waals surface area (Å²) in [5, 5.41) is 14.2. The minimum atomic E-state index is 0.514. The Kier molecular flexibility index (Phi) is 4.65. The Labute approximate surface area is 164 Å². The Morgan fingerprint density at radius 3 is 2.64 bits per heavy atom. The van der Waals surface area contributed by atoms with Gasteiger partial charge in [0.05, 0.1) is 11.3 Å². The third-order valence-electron chi connectivity index (χ3n) is 4.99. The van der Waals surface area contributed by atoms with Crippen molar-refractivity contribution < 1.29 is 0 Å². The van der Waals surface area contributed by atoms with Crippen LogP contribution in [0.25, 0.3) is 23.1 Å². The van der Waals surface area contributed by atoms with Gasteiger partial charge in [-0.25, -0.2) is 0 Å². The van der Waals surface area contributed by atoms with E-state index in [1.165, 1.54) is 5.56 Å².